The Morgan fingerprint density at radius 3 is 2.72 bits per heavy atom. The van der Waals surface area contributed by atoms with Crippen LogP contribution in [0.5, 0.6) is 0 Å². The highest BCUT2D eigenvalue weighted by Gasteiger charge is 2.30. The number of hydrogen-bond donors (Lipinski definition) is 2. The van der Waals surface area contributed by atoms with Gasteiger partial charge in [0.05, 0.1) is 12.1 Å². The zero-order chi connectivity index (χ0) is 20.8. The molecule has 29 heavy (non-hydrogen) atoms. The molecule has 3 rings (SSSR count). The van der Waals surface area contributed by atoms with E-state index in [1.54, 1.807) is 17.0 Å². The quantitative estimate of drug-likeness (QED) is 0.641. The normalized spacial score (nSPS) is 17.8. The minimum absolute atomic E-state index is 0.0272. The highest BCUT2D eigenvalue weighted by atomic mass is 35.5. The molecule has 2 aromatic carbocycles. The van der Waals surface area contributed by atoms with E-state index in [9.17, 15) is 14.7 Å². The number of hydrogen-bond acceptors (Lipinski definition) is 3. The van der Waals surface area contributed by atoms with Crippen LogP contribution in [0, 0.1) is 0 Å². The number of aliphatic carboxylic acids is 1. The largest absolute Gasteiger partial charge is 0.481 e. The summed E-state index contributed by atoms with van der Waals surface area (Å²) in [6.07, 6.45) is 4.98. The molecule has 2 N–H and O–H groups in total. The third-order valence-electron chi connectivity index (χ3n) is 4.96. The van der Waals surface area contributed by atoms with Gasteiger partial charge in [0.2, 0.25) is 5.91 Å². The van der Waals surface area contributed by atoms with Gasteiger partial charge in [-0.3, -0.25) is 9.59 Å². The van der Waals surface area contributed by atoms with Gasteiger partial charge in [0.25, 0.3) is 0 Å². The Balaban J connectivity index is 1.69. The Labute approximate surface area is 175 Å². The highest BCUT2D eigenvalue weighted by molar-refractivity contribution is 6.30. The van der Waals surface area contributed by atoms with Crippen molar-refractivity contribution in [1.29, 1.82) is 0 Å². The van der Waals surface area contributed by atoms with Gasteiger partial charge in [-0.15, -0.1) is 0 Å². The van der Waals surface area contributed by atoms with Crippen LogP contribution < -0.4 is 4.90 Å². The van der Waals surface area contributed by atoms with Gasteiger partial charge in [0.15, 0.2) is 0 Å². The smallest absolute Gasteiger partial charge is 0.303 e. The number of aliphatic hydroxyl groups is 1. The van der Waals surface area contributed by atoms with Gasteiger partial charge < -0.3 is 15.1 Å². The number of halogens is 1. The minimum atomic E-state index is -0.845. The number of anilines is 1. The standard InChI is InChI=1S/C23H24ClNO4/c24-18-5-1-4-17(13-18)15-21(26)10-8-19-9-11-22(27)25(19)20-6-2-3-16(14-20)7-12-23(28)29/h1-6,8,10,13-14,19,21,26H,7,9,11-12,15H2,(H,28,29)/b10-8+/t19-,21+/m0/s1. The molecule has 1 saturated heterocycles. The van der Waals surface area contributed by atoms with E-state index in [4.69, 9.17) is 16.7 Å². The maximum atomic E-state index is 12.5. The number of benzene rings is 2. The van der Waals surface area contributed by atoms with E-state index in [1.165, 1.54) is 0 Å². The van der Waals surface area contributed by atoms with Crippen molar-refractivity contribution in [2.45, 2.75) is 44.2 Å². The van der Waals surface area contributed by atoms with Gasteiger partial charge in [0.1, 0.15) is 0 Å². The number of carboxylic acid groups (broad SMARTS) is 1. The molecule has 0 aliphatic carbocycles. The van der Waals surface area contributed by atoms with E-state index in [0.717, 1.165) is 16.8 Å². The summed E-state index contributed by atoms with van der Waals surface area (Å²) in [5.74, 6) is -0.818. The molecule has 0 radical (unpaired) electrons. The van der Waals surface area contributed by atoms with E-state index in [2.05, 4.69) is 0 Å². The minimum Gasteiger partial charge on any atom is -0.481 e. The zero-order valence-electron chi connectivity index (χ0n) is 16.0. The van der Waals surface area contributed by atoms with Crippen LogP contribution in [0.15, 0.2) is 60.7 Å². The molecular weight excluding hydrogens is 390 g/mol. The zero-order valence-corrected chi connectivity index (χ0v) is 16.8. The van der Waals surface area contributed by atoms with Crippen LogP contribution in [0.4, 0.5) is 5.69 Å². The van der Waals surface area contributed by atoms with Crippen molar-refractivity contribution < 1.29 is 19.8 Å². The molecule has 152 valence electrons. The van der Waals surface area contributed by atoms with Crippen molar-refractivity contribution in [3.8, 4) is 0 Å². The average molecular weight is 414 g/mol. The summed E-state index contributed by atoms with van der Waals surface area (Å²) in [5, 5.41) is 19.9. The summed E-state index contributed by atoms with van der Waals surface area (Å²) in [4.78, 5) is 25.0. The number of carbonyl (C=O) groups is 2. The Hall–Kier alpha value is -2.63. The summed E-state index contributed by atoms with van der Waals surface area (Å²) in [6, 6.07) is 14.7. The first-order valence-corrected chi connectivity index (χ1v) is 10.0. The summed E-state index contributed by atoms with van der Waals surface area (Å²) in [6.45, 7) is 0. The van der Waals surface area contributed by atoms with Gasteiger partial charge in [-0.05, 0) is 48.2 Å². The second kappa shape index (κ2) is 9.72. The molecule has 0 bridgehead atoms. The second-order valence-electron chi connectivity index (χ2n) is 7.22. The predicted octanol–water partition coefficient (Wildman–Crippen LogP) is 4.01. The molecule has 0 aromatic heterocycles. The molecule has 1 aliphatic rings. The van der Waals surface area contributed by atoms with E-state index in [-0.39, 0.29) is 18.4 Å². The lowest BCUT2D eigenvalue weighted by Crippen LogP contribution is -2.31. The Bertz CT molecular complexity index is 911. The van der Waals surface area contributed by atoms with E-state index < -0.39 is 12.1 Å². The van der Waals surface area contributed by atoms with Crippen molar-refractivity contribution in [2.24, 2.45) is 0 Å². The van der Waals surface area contributed by atoms with Crippen molar-refractivity contribution in [3.05, 3.63) is 76.8 Å². The van der Waals surface area contributed by atoms with Gasteiger partial charge in [0, 0.05) is 30.0 Å². The average Bonchev–Trinajstić information content (AvgIpc) is 3.05. The van der Waals surface area contributed by atoms with Crippen LogP contribution in [-0.2, 0) is 22.4 Å². The molecule has 1 amide bonds. The predicted molar refractivity (Wildman–Crippen MR) is 113 cm³/mol. The first kappa shape index (κ1) is 21.1. The van der Waals surface area contributed by atoms with Crippen molar-refractivity contribution in [3.63, 3.8) is 0 Å². The number of aryl methyl sites for hydroxylation is 1. The van der Waals surface area contributed by atoms with Crippen molar-refractivity contribution >= 4 is 29.2 Å². The maximum absolute atomic E-state index is 12.5. The lowest BCUT2D eigenvalue weighted by molar-refractivity contribution is -0.137. The molecular formula is C23H24ClNO4. The van der Waals surface area contributed by atoms with Gasteiger partial charge in [-0.25, -0.2) is 0 Å². The number of carbonyl (C=O) groups excluding carboxylic acids is 1. The van der Waals surface area contributed by atoms with Crippen LogP contribution in [0.3, 0.4) is 0 Å². The summed E-state index contributed by atoms with van der Waals surface area (Å²) in [5.41, 5.74) is 2.59. The first-order chi connectivity index (χ1) is 13.9. The summed E-state index contributed by atoms with van der Waals surface area (Å²) >= 11 is 5.99. The van der Waals surface area contributed by atoms with Crippen LogP contribution >= 0.6 is 11.6 Å². The van der Waals surface area contributed by atoms with Crippen LogP contribution in [-0.4, -0.2) is 34.2 Å². The van der Waals surface area contributed by atoms with E-state index >= 15 is 0 Å². The Kier molecular flexibility index (Phi) is 7.07. The number of rotatable bonds is 8. The molecule has 0 saturated carbocycles. The number of aliphatic hydroxyl groups excluding tert-OH is 1. The van der Waals surface area contributed by atoms with Crippen molar-refractivity contribution in [2.75, 3.05) is 4.90 Å². The summed E-state index contributed by atoms with van der Waals surface area (Å²) < 4.78 is 0. The Morgan fingerprint density at radius 1 is 1.21 bits per heavy atom. The lowest BCUT2D eigenvalue weighted by Gasteiger charge is -2.23. The fraction of sp³-hybridized carbons (Fsp3) is 0.304. The molecule has 0 unspecified atom stereocenters. The lowest BCUT2D eigenvalue weighted by atomic mass is 10.1. The highest BCUT2D eigenvalue weighted by Crippen LogP contribution is 2.28. The van der Waals surface area contributed by atoms with Crippen LogP contribution in [0.25, 0.3) is 0 Å². The first-order valence-electron chi connectivity index (χ1n) is 9.66. The number of amides is 1. The SMILES string of the molecule is O=C(O)CCc1cccc(N2C(=O)CC[C@@H]2/C=C/[C@@H](O)Cc2cccc(Cl)c2)c1. The number of carboxylic acids is 1. The topological polar surface area (TPSA) is 77.8 Å². The Morgan fingerprint density at radius 2 is 1.97 bits per heavy atom. The fourth-order valence-corrected chi connectivity index (χ4v) is 3.78. The monoisotopic (exact) mass is 413 g/mol. The molecule has 1 aliphatic heterocycles. The fourth-order valence-electron chi connectivity index (χ4n) is 3.57. The molecule has 1 heterocycles. The molecule has 2 atom stereocenters. The molecule has 2 aromatic rings. The summed E-state index contributed by atoms with van der Waals surface area (Å²) in [7, 11) is 0. The van der Waals surface area contributed by atoms with Crippen LogP contribution in [0.2, 0.25) is 5.02 Å². The third-order valence-corrected chi connectivity index (χ3v) is 5.19. The van der Waals surface area contributed by atoms with Gasteiger partial charge in [-0.2, -0.15) is 0 Å². The van der Waals surface area contributed by atoms with E-state index in [0.29, 0.717) is 30.7 Å². The van der Waals surface area contributed by atoms with E-state index in [1.807, 2.05) is 48.5 Å². The number of nitrogens with zero attached hydrogens (tertiary/aromatic N) is 1. The second-order valence-corrected chi connectivity index (χ2v) is 7.66. The van der Waals surface area contributed by atoms with Gasteiger partial charge in [-0.1, -0.05) is 48.0 Å². The molecule has 1 fully saturated rings. The van der Waals surface area contributed by atoms with Crippen LogP contribution in [0.1, 0.15) is 30.4 Å². The van der Waals surface area contributed by atoms with Crippen molar-refractivity contribution in [1.82, 2.24) is 0 Å². The molecule has 5 nitrogen and oxygen atoms in total. The van der Waals surface area contributed by atoms with Gasteiger partial charge >= 0.3 is 5.97 Å². The maximum Gasteiger partial charge on any atom is 0.303 e. The molecule has 0 spiro atoms. The molecule has 6 heteroatoms. The third kappa shape index (κ3) is 5.92.